The lowest BCUT2D eigenvalue weighted by molar-refractivity contribution is -0.158. The number of nitrogens with one attached hydrogen (secondary N) is 1. The highest BCUT2D eigenvalue weighted by Gasteiger charge is 2.36. The number of rotatable bonds is 10. The van der Waals surface area contributed by atoms with E-state index in [4.69, 9.17) is 4.74 Å². The van der Waals surface area contributed by atoms with Gasteiger partial charge in [0.05, 0.1) is 18.6 Å². The maximum Gasteiger partial charge on any atom is 0.329 e. The maximum absolute atomic E-state index is 12.6. The second kappa shape index (κ2) is 10.3. The number of hydrogen-bond donors (Lipinski definition) is 2. The van der Waals surface area contributed by atoms with Crippen molar-refractivity contribution in [1.29, 1.82) is 0 Å². The van der Waals surface area contributed by atoms with Gasteiger partial charge < -0.3 is 10.1 Å². The Morgan fingerprint density at radius 1 is 1.29 bits per heavy atom. The molecule has 0 aliphatic carbocycles. The van der Waals surface area contributed by atoms with Gasteiger partial charge in [-0.25, -0.2) is 9.86 Å². The lowest BCUT2D eigenvalue weighted by Crippen LogP contribution is -2.52. The van der Waals surface area contributed by atoms with Gasteiger partial charge in [0.1, 0.15) is 6.04 Å². The van der Waals surface area contributed by atoms with Gasteiger partial charge in [-0.3, -0.25) is 14.8 Å². The van der Waals surface area contributed by atoms with Gasteiger partial charge >= 0.3 is 5.97 Å². The van der Waals surface area contributed by atoms with Crippen LogP contribution in [0.3, 0.4) is 0 Å². The van der Waals surface area contributed by atoms with Crippen LogP contribution in [0.2, 0.25) is 0 Å². The Morgan fingerprint density at radius 3 is 2.29 bits per heavy atom. The molecule has 0 fully saturated rings. The number of nitrogens with zero attached hydrogens (tertiary/aromatic N) is 1. The largest absolute Gasteiger partial charge is 0.461 e. The van der Waals surface area contributed by atoms with Gasteiger partial charge in [-0.15, -0.1) is 0 Å². The van der Waals surface area contributed by atoms with E-state index >= 15 is 0 Å². The smallest absolute Gasteiger partial charge is 0.329 e. The Kier molecular flexibility index (Phi) is 9.58. The molecule has 2 N–H and O–H groups in total. The van der Waals surface area contributed by atoms with Crippen molar-refractivity contribution in [2.24, 2.45) is 11.3 Å². The summed E-state index contributed by atoms with van der Waals surface area (Å²) >= 11 is 0. The molecule has 0 saturated heterocycles. The van der Waals surface area contributed by atoms with E-state index in [9.17, 15) is 19.6 Å². The molecule has 0 spiro atoms. The zero-order chi connectivity index (χ0) is 18.9. The monoisotopic (exact) mass is 344 g/mol. The number of hydrogen-bond acceptors (Lipinski definition) is 5. The van der Waals surface area contributed by atoms with Gasteiger partial charge in [-0.2, -0.15) is 0 Å². The minimum Gasteiger partial charge on any atom is -0.461 e. The zero-order valence-electron chi connectivity index (χ0n) is 15.7. The van der Waals surface area contributed by atoms with E-state index < -0.39 is 23.3 Å². The van der Waals surface area contributed by atoms with Gasteiger partial charge in [0, 0.05) is 0 Å². The van der Waals surface area contributed by atoms with Crippen molar-refractivity contribution in [2.75, 3.05) is 6.54 Å². The number of unbranched alkanes of at least 4 members (excludes halogenated alkanes) is 1. The molecule has 0 aromatic carbocycles. The first-order valence-corrected chi connectivity index (χ1v) is 8.44. The van der Waals surface area contributed by atoms with Gasteiger partial charge in [-0.1, -0.05) is 40.5 Å². The summed E-state index contributed by atoms with van der Waals surface area (Å²) in [5.41, 5.74) is -0.527. The average Bonchev–Trinajstić information content (AvgIpc) is 2.46. The molecular formula is C17H32N2O5. The van der Waals surface area contributed by atoms with Crippen molar-refractivity contribution in [2.45, 2.75) is 73.0 Å². The SMILES string of the molecule is CCCC[C@@H](CN(O)C=O)C(=O)N[C@H](C(=O)OC(C)C)C(C)(C)C. The summed E-state index contributed by atoms with van der Waals surface area (Å²) in [7, 11) is 0. The summed E-state index contributed by atoms with van der Waals surface area (Å²) in [6.07, 6.45) is 2.16. The van der Waals surface area contributed by atoms with Gasteiger partial charge in [0.15, 0.2) is 0 Å². The van der Waals surface area contributed by atoms with Crippen LogP contribution in [0.25, 0.3) is 0 Å². The molecule has 0 bridgehead atoms. The normalized spacial score (nSPS) is 14.0. The van der Waals surface area contributed by atoms with Crippen LogP contribution in [0, 0.1) is 11.3 Å². The van der Waals surface area contributed by atoms with Crippen LogP contribution >= 0.6 is 0 Å². The standard InChI is InChI=1S/C17H32N2O5/c1-7-8-9-13(10-19(23)11-20)15(21)18-14(17(4,5)6)16(22)24-12(2)3/h11-14,23H,7-10H2,1-6H3,(H,18,21)/t13-,14+/m0/s1. The summed E-state index contributed by atoms with van der Waals surface area (Å²) in [4.78, 5) is 35.5. The van der Waals surface area contributed by atoms with Crippen LogP contribution in [0.4, 0.5) is 0 Å². The molecule has 0 aromatic rings. The fraction of sp³-hybridized carbons (Fsp3) is 0.824. The highest BCUT2D eigenvalue weighted by molar-refractivity contribution is 5.86. The molecule has 0 heterocycles. The Labute approximate surface area is 144 Å². The molecule has 7 nitrogen and oxygen atoms in total. The molecule has 24 heavy (non-hydrogen) atoms. The van der Waals surface area contributed by atoms with Crippen molar-refractivity contribution in [3.05, 3.63) is 0 Å². The second-order valence-corrected chi connectivity index (χ2v) is 7.36. The van der Waals surface area contributed by atoms with Gasteiger partial charge in [-0.05, 0) is 25.7 Å². The van der Waals surface area contributed by atoms with E-state index in [-0.39, 0.29) is 25.0 Å². The molecule has 0 aliphatic heterocycles. The van der Waals surface area contributed by atoms with E-state index in [1.165, 1.54) is 0 Å². The van der Waals surface area contributed by atoms with Crippen molar-refractivity contribution in [1.82, 2.24) is 10.4 Å². The fourth-order valence-corrected chi connectivity index (χ4v) is 2.21. The topological polar surface area (TPSA) is 95.9 Å². The first kappa shape index (κ1) is 22.4. The molecule has 0 saturated carbocycles. The molecule has 0 unspecified atom stereocenters. The Balaban J connectivity index is 5.14. The third-order valence-electron chi connectivity index (χ3n) is 3.55. The first-order chi connectivity index (χ1) is 11.0. The van der Waals surface area contributed by atoms with Crippen molar-refractivity contribution >= 4 is 18.3 Å². The van der Waals surface area contributed by atoms with Crippen LogP contribution in [-0.2, 0) is 19.1 Å². The quantitative estimate of drug-likeness (QED) is 0.274. The van der Waals surface area contributed by atoms with E-state index in [1.807, 2.05) is 27.7 Å². The van der Waals surface area contributed by atoms with Crippen LogP contribution in [0.1, 0.15) is 60.8 Å². The number of hydroxylamine groups is 2. The summed E-state index contributed by atoms with van der Waals surface area (Å²) in [6.45, 7) is 10.9. The molecule has 2 atom stereocenters. The summed E-state index contributed by atoms with van der Waals surface area (Å²) in [5, 5.41) is 12.6. The lowest BCUT2D eigenvalue weighted by atomic mass is 9.86. The third-order valence-corrected chi connectivity index (χ3v) is 3.55. The number of ether oxygens (including phenoxy) is 1. The Hall–Kier alpha value is -1.63. The maximum atomic E-state index is 12.6. The third kappa shape index (κ3) is 8.29. The number of esters is 1. The van der Waals surface area contributed by atoms with E-state index in [1.54, 1.807) is 13.8 Å². The van der Waals surface area contributed by atoms with E-state index in [0.717, 1.165) is 12.8 Å². The minimum atomic E-state index is -0.806. The van der Waals surface area contributed by atoms with Crippen molar-refractivity contribution < 1.29 is 24.3 Å². The van der Waals surface area contributed by atoms with Crippen molar-refractivity contribution in [3.8, 4) is 0 Å². The van der Waals surface area contributed by atoms with Gasteiger partial charge in [0.25, 0.3) is 0 Å². The molecule has 0 rings (SSSR count). The average molecular weight is 344 g/mol. The van der Waals surface area contributed by atoms with Crippen LogP contribution in [0.15, 0.2) is 0 Å². The number of amides is 2. The summed E-state index contributed by atoms with van der Waals surface area (Å²) < 4.78 is 5.23. The molecule has 0 radical (unpaired) electrons. The zero-order valence-corrected chi connectivity index (χ0v) is 15.7. The van der Waals surface area contributed by atoms with Crippen LogP contribution in [-0.4, -0.2) is 47.2 Å². The molecule has 140 valence electrons. The van der Waals surface area contributed by atoms with E-state index in [0.29, 0.717) is 11.5 Å². The summed E-state index contributed by atoms with van der Waals surface area (Å²) in [6, 6.07) is -0.806. The fourth-order valence-electron chi connectivity index (χ4n) is 2.21. The molecule has 0 aliphatic rings. The lowest BCUT2D eigenvalue weighted by Gasteiger charge is -2.31. The predicted molar refractivity (Wildman–Crippen MR) is 90.2 cm³/mol. The number of carbonyl (C=O) groups is 3. The highest BCUT2D eigenvalue weighted by Crippen LogP contribution is 2.22. The minimum absolute atomic E-state index is 0.106. The van der Waals surface area contributed by atoms with Crippen LogP contribution in [0.5, 0.6) is 0 Å². The molecule has 7 heteroatoms. The highest BCUT2D eigenvalue weighted by atomic mass is 16.5. The second-order valence-electron chi connectivity index (χ2n) is 7.36. The first-order valence-electron chi connectivity index (χ1n) is 8.44. The molecule has 0 aromatic heterocycles. The Bertz CT molecular complexity index is 418. The van der Waals surface area contributed by atoms with Gasteiger partial charge in [0.2, 0.25) is 12.3 Å². The predicted octanol–water partition coefficient (Wildman–Crippen LogP) is 2.12. The molecule has 2 amide bonds. The van der Waals surface area contributed by atoms with Crippen molar-refractivity contribution in [3.63, 3.8) is 0 Å². The number of carbonyl (C=O) groups excluding carboxylic acids is 3. The van der Waals surface area contributed by atoms with E-state index in [2.05, 4.69) is 5.32 Å². The molecular weight excluding hydrogens is 312 g/mol. The summed E-state index contributed by atoms with van der Waals surface area (Å²) in [5.74, 6) is -1.45. The van der Waals surface area contributed by atoms with Crippen LogP contribution < -0.4 is 5.32 Å². The Morgan fingerprint density at radius 2 is 1.88 bits per heavy atom.